The minimum atomic E-state index is -0.505. The van der Waals surface area contributed by atoms with Gasteiger partial charge in [0.2, 0.25) is 6.29 Å². The van der Waals surface area contributed by atoms with Crippen molar-refractivity contribution >= 4 is 5.97 Å². The molecule has 0 N–H and O–H groups in total. The van der Waals surface area contributed by atoms with Crippen molar-refractivity contribution in [1.29, 1.82) is 0 Å². The summed E-state index contributed by atoms with van der Waals surface area (Å²) in [6.45, 7) is 0.375. The molecule has 5 nitrogen and oxygen atoms in total. The third-order valence-corrected chi connectivity index (χ3v) is 2.15. The largest absolute Gasteiger partial charge is 0.469 e. The first-order chi connectivity index (χ1) is 7.29. The second-order valence-electron chi connectivity index (χ2n) is 3.22. The van der Waals surface area contributed by atoms with Crippen molar-refractivity contribution in [2.24, 2.45) is 0 Å². The molecule has 5 heteroatoms. The molecule has 0 aliphatic carbocycles. The van der Waals surface area contributed by atoms with Crippen LogP contribution in [-0.2, 0) is 19.0 Å². The molecular formula is C10H12O5. The summed E-state index contributed by atoms with van der Waals surface area (Å²) >= 11 is 0. The highest BCUT2D eigenvalue weighted by Crippen LogP contribution is 2.28. The summed E-state index contributed by atoms with van der Waals surface area (Å²) in [5.41, 5.74) is 0. The molecule has 1 saturated heterocycles. The van der Waals surface area contributed by atoms with Crippen LogP contribution in [0.25, 0.3) is 0 Å². The summed E-state index contributed by atoms with van der Waals surface area (Å²) in [4.78, 5) is 11.0. The lowest BCUT2D eigenvalue weighted by Crippen LogP contribution is -2.16. The van der Waals surface area contributed by atoms with Gasteiger partial charge in [0, 0.05) is 0 Å². The monoisotopic (exact) mass is 212 g/mol. The highest BCUT2D eigenvalue weighted by molar-refractivity contribution is 5.69. The Balaban J connectivity index is 1.87. The van der Waals surface area contributed by atoms with Gasteiger partial charge >= 0.3 is 5.97 Å². The number of carbonyl (C=O) groups is 1. The van der Waals surface area contributed by atoms with E-state index in [0.29, 0.717) is 12.4 Å². The fraction of sp³-hybridized carbons (Fsp3) is 0.500. The molecule has 1 fully saturated rings. The first-order valence-corrected chi connectivity index (χ1v) is 4.67. The van der Waals surface area contributed by atoms with Crippen molar-refractivity contribution in [2.75, 3.05) is 13.7 Å². The van der Waals surface area contributed by atoms with Crippen LogP contribution in [0.2, 0.25) is 0 Å². The van der Waals surface area contributed by atoms with E-state index < -0.39 is 6.29 Å². The summed E-state index contributed by atoms with van der Waals surface area (Å²) in [6.07, 6.45) is 0.992. The maximum Gasteiger partial charge on any atom is 0.308 e. The van der Waals surface area contributed by atoms with Crippen molar-refractivity contribution in [3.8, 4) is 0 Å². The van der Waals surface area contributed by atoms with Crippen LogP contribution in [0.15, 0.2) is 22.8 Å². The van der Waals surface area contributed by atoms with E-state index in [1.807, 2.05) is 0 Å². The summed E-state index contributed by atoms with van der Waals surface area (Å²) in [6, 6.07) is 3.53. The van der Waals surface area contributed by atoms with Crippen molar-refractivity contribution in [2.45, 2.75) is 18.8 Å². The van der Waals surface area contributed by atoms with Crippen molar-refractivity contribution in [3.05, 3.63) is 24.2 Å². The third kappa shape index (κ3) is 2.37. The summed E-state index contributed by atoms with van der Waals surface area (Å²) in [5, 5.41) is 0. The van der Waals surface area contributed by atoms with E-state index in [9.17, 15) is 4.79 Å². The molecule has 0 amide bonds. The van der Waals surface area contributed by atoms with Crippen LogP contribution in [-0.4, -0.2) is 25.8 Å². The maximum atomic E-state index is 11.0. The van der Waals surface area contributed by atoms with E-state index in [0.717, 1.165) is 0 Å². The van der Waals surface area contributed by atoms with Crippen molar-refractivity contribution < 1.29 is 23.4 Å². The second kappa shape index (κ2) is 4.46. The van der Waals surface area contributed by atoms with Crippen LogP contribution < -0.4 is 0 Å². The molecule has 82 valence electrons. The molecule has 2 atom stereocenters. The molecule has 15 heavy (non-hydrogen) atoms. The highest BCUT2D eigenvalue weighted by Gasteiger charge is 2.30. The van der Waals surface area contributed by atoms with Crippen LogP contribution >= 0.6 is 0 Å². The Morgan fingerprint density at radius 2 is 2.53 bits per heavy atom. The number of hydrogen-bond donors (Lipinski definition) is 0. The standard InChI is InChI=1S/C10H12O5/c1-12-9(11)5-7-6-14-10(15-7)8-3-2-4-13-8/h2-4,7,10H,5-6H2,1H3. The number of carbonyl (C=O) groups excluding carboxylic acids is 1. The predicted molar refractivity (Wildman–Crippen MR) is 48.9 cm³/mol. The topological polar surface area (TPSA) is 57.9 Å². The summed E-state index contributed by atoms with van der Waals surface area (Å²) < 4.78 is 20.5. The number of rotatable bonds is 3. The van der Waals surface area contributed by atoms with Crippen LogP contribution in [0.3, 0.4) is 0 Å². The molecule has 2 unspecified atom stereocenters. The Morgan fingerprint density at radius 1 is 1.67 bits per heavy atom. The van der Waals surface area contributed by atoms with E-state index in [1.165, 1.54) is 7.11 Å². The first kappa shape index (κ1) is 10.2. The molecule has 1 aliphatic heterocycles. The normalized spacial score (nSPS) is 25.4. The van der Waals surface area contributed by atoms with Gasteiger partial charge in [0.1, 0.15) is 0 Å². The van der Waals surface area contributed by atoms with E-state index in [2.05, 4.69) is 4.74 Å². The van der Waals surface area contributed by atoms with Gasteiger partial charge in [-0.25, -0.2) is 0 Å². The number of esters is 1. The maximum absolute atomic E-state index is 11.0. The van der Waals surface area contributed by atoms with Gasteiger partial charge < -0.3 is 18.6 Å². The van der Waals surface area contributed by atoms with Gasteiger partial charge in [-0.1, -0.05) is 0 Å². The van der Waals surface area contributed by atoms with Gasteiger partial charge in [-0.15, -0.1) is 0 Å². The molecule has 0 spiro atoms. The van der Waals surface area contributed by atoms with Crippen molar-refractivity contribution in [3.63, 3.8) is 0 Å². The van der Waals surface area contributed by atoms with Gasteiger partial charge in [-0.3, -0.25) is 4.79 Å². The zero-order valence-corrected chi connectivity index (χ0v) is 8.34. The lowest BCUT2D eigenvalue weighted by Gasteiger charge is -2.07. The summed E-state index contributed by atoms with van der Waals surface area (Å²) in [5.74, 6) is 0.311. The third-order valence-electron chi connectivity index (χ3n) is 2.15. The Kier molecular flexibility index (Phi) is 3.03. The lowest BCUT2D eigenvalue weighted by atomic mass is 10.3. The number of furan rings is 1. The van der Waals surface area contributed by atoms with Gasteiger partial charge in [0.15, 0.2) is 5.76 Å². The minimum Gasteiger partial charge on any atom is -0.469 e. The van der Waals surface area contributed by atoms with Gasteiger partial charge in [-0.05, 0) is 12.1 Å². The molecule has 0 bridgehead atoms. The van der Waals surface area contributed by atoms with Crippen LogP contribution in [0.5, 0.6) is 0 Å². The van der Waals surface area contributed by atoms with Crippen LogP contribution in [0, 0.1) is 0 Å². The smallest absolute Gasteiger partial charge is 0.308 e. The Bertz CT molecular complexity index is 319. The number of hydrogen-bond acceptors (Lipinski definition) is 5. The lowest BCUT2D eigenvalue weighted by molar-refractivity contribution is -0.144. The molecule has 0 radical (unpaired) electrons. The number of methoxy groups -OCH3 is 1. The molecule has 2 rings (SSSR count). The van der Waals surface area contributed by atoms with E-state index in [1.54, 1.807) is 18.4 Å². The molecule has 2 heterocycles. The molecule has 1 aromatic heterocycles. The molecule has 0 aromatic carbocycles. The fourth-order valence-corrected chi connectivity index (χ4v) is 1.40. The van der Waals surface area contributed by atoms with E-state index in [4.69, 9.17) is 13.9 Å². The zero-order valence-electron chi connectivity index (χ0n) is 8.34. The summed E-state index contributed by atoms with van der Waals surface area (Å²) in [7, 11) is 1.35. The minimum absolute atomic E-state index is 0.202. The van der Waals surface area contributed by atoms with Crippen molar-refractivity contribution in [1.82, 2.24) is 0 Å². The quantitative estimate of drug-likeness (QED) is 0.706. The number of ether oxygens (including phenoxy) is 3. The molecular weight excluding hydrogens is 200 g/mol. The Morgan fingerprint density at radius 3 is 3.20 bits per heavy atom. The Labute approximate surface area is 86.9 Å². The zero-order chi connectivity index (χ0) is 10.7. The Hall–Kier alpha value is -1.33. The average Bonchev–Trinajstić information content (AvgIpc) is 2.85. The second-order valence-corrected chi connectivity index (χ2v) is 3.22. The average molecular weight is 212 g/mol. The molecule has 1 aliphatic rings. The highest BCUT2D eigenvalue weighted by atomic mass is 16.7. The van der Waals surface area contributed by atoms with Crippen LogP contribution in [0.1, 0.15) is 18.5 Å². The van der Waals surface area contributed by atoms with Crippen LogP contribution in [0.4, 0.5) is 0 Å². The predicted octanol–water partition coefficient (Wildman–Crippen LogP) is 1.26. The fourth-order valence-electron chi connectivity index (χ4n) is 1.40. The first-order valence-electron chi connectivity index (χ1n) is 4.67. The SMILES string of the molecule is COC(=O)CC1COC(c2ccco2)O1. The van der Waals surface area contributed by atoms with Gasteiger partial charge in [0.05, 0.1) is 32.5 Å². The van der Waals surface area contributed by atoms with Gasteiger partial charge in [-0.2, -0.15) is 0 Å². The molecule has 1 aromatic rings. The van der Waals surface area contributed by atoms with E-state index in [-0.39, 0.29) is 18.5 Å². The van der Waals surface area contributed by atoms with Gasteiger partial charge in [0.25, 0.3) is 0 Å². The molecule has 0 saturated carbocycles. The van der Waals surface area contributed by atoms with E-state index >= 15 is 0 Å².